The van der Waals surface area contributed by atoms with Crippen LogP contribution in [0, 0.1) is 0 Å². The second-order valence-corrected chi connectivity index (χ2v) is 5.00. The molecule has 0 spiro atoms. The second kappa shape index (κ2) is 5.49. The van der Waals surface area contributed by atoms with E-state index >= 15 is 0 Å². The predicted molar refractivity (Wildman–Crippen MR) is 62.4 cm³/mol. The van der Waals surface area contributed by atoms with Crippen LogP contribution in [0.25, 0.3) is 0 Å². The molecule has 1 rings (SSSR count). The zero-order valence-electron chi connectivity index (χ0n) is 8.91. The fraction of sp³-hybridized carbons (Fsp3) is 0.500. The SMILES string of the molecule is COC(C)C(=O)NC(C)c1ccc(Cl)s1. The number of rotatable bonds is 4. The lowest BCUT2D eigenvalue weighted by atomic mass is 10.2. The topological polar surface area (TPSA) is 38.3 Å². The molecule has 0 aliphatic rings. The zero-order chi connectivity index (χ0) is 11.4. The average molecular weight is 248 g/mol. The molecule has 0 fully saturated rings. The highest BCUT2D eigenvalue weighted by Gasteiger charge is 2.16. The molecule has 0 aromatic carbocycles. The van der Waals surface area contributed by atoms with Gasteiger partial charge in [-0.15, -0.1) is 11.3 Å². The number of thiophene rings is 1. The van der Waals surface area contributed by atoms with E-state index in [9.17, 15) is 4.79 Å². The van der Waals surface area contributed by atoms with Crippen LogP contribution in [-0.4, -0.2) is 19.1 Å². The van der Waals surface area contributed by atoms with E-state index in [1.165, 1.54) is 18.4 Å². The summed E-state index contributed by atoms with van der Waals surface area (Å²) in [7, 11) is 1.51. The molecule has 1 amide bonds. The van der Waals surface area contributed by atoms with Gasteiger partial charge < -0.3 is 10.1 Å². The molecule has 1 aromatic heterocycles. The number of hydrogen-bond acceptors (Lipinski definition) is 3. The summed E-state index contributed by atoms with van der Waals surface area (Å²) < 4.78 is 5.65. The van der Waals surface area contributed by atoms with Crippen LogP contribution in [0.1, 0.15) is 24.8 Å². The molecule has 15 heavy (non-hydrogen) atoms. The number of nitrogens with one attached hydrogen (secondary N) is 1. The summed E-state index contributed by atoms with van der Waals surface area (Å²) in [6.07, 6.45) is -0.428. The molecule has 1 aromatic rings. The lowest BCUT2D eigenvalue weighted by Gasteiger charge is -2.15. The fourth-order valence-electron chi connectivity index (χ4n) is 1.07. The van der Waals surface area contributed by atoms with Crippen LogP contribution >= 0.6 is 22.9 Å². The molecule has 2 atom stereocenters. The van der Waals surface area contributed by atoms with E-state index in [1.807, 2.05) is 19.1 Å². The van der Waals surface area contributed by atoms with E-state index < -0.39 is 6.10 Å². The minimum absolute atomic E-state index is 0.0346. The highest BCUT2D eigenvalue weighted by molar-refractivity contribution is 7.16. The van der Waals surface area contributed by atoms with Crippen molar-refractivity contribution in [3.8, 4) is 0 Å². The molecule has 0 saturated carbocycles. The van der Waals surface area contributed by atoms with Gasteiger partial charge in [-0.25, -0.2) is 0 Å². The number of amides is 1. The van der Waals surface area contributed by atoms with Gasteiger partial charge in [-0.1, -0.05) is 11.6 Å². The Morgan fingerprint density at radius 1 is 1.53 bits per heavy atom. The first kappa shape index (κ1) is 12.5. The largest absolute Gasteiger partial charge is 0.372 e. The van der Waals surface area contributed by atoms with Gasteiger partial charge in [0.2, 0.25) is 5.91 Å². The fourth-order valence-corrected chi connectivity index (χ4v) is 2.13. The number of carbonyl (C=O) groups excluding carboxylic acids is 1. The van der Waals surface area contributed by atoms with Gasteiger partial charge in [0.05, 0.1) is 10.4 Å². The van der Waals surface area contributed by atoms with Gasteiger partial charge in [-0.05, 0) is 26.0 Å². The third-order valence-electron chi connectivity index (χ3n) is 2.10. The van der Waals surface area contributed by atoms with Gasteiger partial charge in [-0.3, -0.25) is 4.79 Å². The normalized spacial score (nSPS) is 14.7. The molecule has 1 N–H and O–H groups in total. The van der Waals surface area contributed by atoms with Crippen molar-refractivity contribution in [2.45, 2.75) is 26.0 Å². The summed E-state index contributed by atoms with van der Waals surface area (Å²) >= 11 is 7.28. The Morgan fingerprint density at radius 2 is 2.20 bits per heavy atom. The van der Waals surface area contributed by atoms with Crippen LogP contribution in [0.2, 0.25) is 4.34 Å². The quantitative estimate of drug-likeness (QED) is 0.888. The maximum Gasteiger partial charge on any atom is 0.249 e. The van der Waals surface area contributed by atoms with Crippen molar-refractivity contribution in [1.29, 1.82) is 0 Å². The minimum atomic E-state index is -0.428. The summed E-state index contributed by atoms with van der Waals surface area (Å²) in [6, 6.07) is 3.70. The molecule has 0 aliphatic carbocycles. The predicted octanol–water partition coefficient (Wildman–Crippen LogP) is 2.61. The highest BCUT2D eigenvalue weighted by atomic mass is 35.5. The first-order chi connectivity index (χ1) is 7.04. The Bertz CT molecular complexity index is 340. The number of ether oxygens (including phenoxy) is 1. The van der Waals surface area contributed by atoms with Crippen LogP contribution in [0.3, 0.4) is 0 Å². The molecule has 0 bridgehead atoms. The molecule has 0 aliphatic heterocycles. The third kappa shape index (κ3) is 3.48. The molecule has 3 nitrogen and oxygen atoms in total. The number of halogens is 1. The van der Waals surface area contributed by atoms with Crippen molar-refractivity contribution in [2.24, 2.45) is 0 Å². The molecule has 0 radical (unpaired) electrons. The monoisotopic (exact) mass is 247 g/mol. The summed E-state index contributed by atoms with van der Waals surface area (Å²) in [5.41, 5.74) is 0. The van der Waals surface area contributed by atoms with E-state index in [-0.39, 0.29) is 11.9 Å². The van der Waals surface area contributed by atoms with Gasteiger partial charge >= 0.3 is 0 Å². The molecule has 2 unspecified atom stereocenters. The maximum atomic E-state index is 11.5. The minimum Gasteiger partial charge on any atom is -0.372 e. The Balaban J connectivity index is 2.56. The van der Waals surface area contributed by atoms with E-state index in [2.05, 4.69) is 5.32 Å². The summed E-state index contributed by atoms with van der Waals surface area (Å²) in [6.45, 7) is 3.63. The van der Waals surface area contributed by atoms with Gasteiger partial charge in [0.1, 0.15) is 6.10 Å². The van der Waals surface area contributed by atoms with E-state index in [0.717, 1.165) is 9.21 Å². The standard InChI is InChI=1S/C10H14ClNO2S/c1-6(8-4-5-9(11)15-8)12-10(13)7(2)14-3/h4-7H,1-3H3,(H,12,13). The summed E-state index contributed by atoms with van der Waals surface area (Å²) in [5, 5.41) is 2.85. The van der Waals surface area contributed by atoms with Crippen molar-refractivity contribution < 1.29 is 9.53 Å². The number of carbonyl (C=O) groups is 1. The zero-order valence-corrected chi connectivity index (χ0v) is 10.5. The smallest absolute Gasteiger partial charge is 0.249 e. The van der Waals surface area contributed by atoms with Crippen molar-refractivity contribution in [3.05, 3.63) is 21.3 Å². The second-order valence-electron chi connectivity index (χ2n) is 3.25. The van der Waals surface area contributed by atoms with Gasteiger partial charge in [0.15, 0.2) is 0 Å². The third-order valence-corrected chi connectivity index (χ3v) is 3.52. The molecule has 5 heteroatoms. The molecule has 84 valence electrons. The average Bonchev–Trinajstić information content (AvgIpc) is 2.63. The van der Waals surface area contributed by atoms with Crippen LogP contribution in [0.5, 0.6) is 0 Å². The van der Waals surface area contributed by atoms with E-state index in [1.54, 1.807) is 6.92 Å². The first-order valence-corrected chi connectivity index (χ1v) is 5.82. The number of hydrogen-bond donors (Lipinski definition) is 1. The van der Waals surface area contributed by atoms with Gasteiger partial charge in [0.25, 0.3) is 0 Å². The molecular weight excluding hydrogens is 234 g/mol. The van der Waals surface area contributed by atoms with Crippen molar-refractivity contribution >= 4 is 28.8 Å². The first-order valence-electron chi connectivity index (χ1n) is 4.63. The Labute approximate surface area is 98.4 Å². The highest BCUT2D eigenvalue weighted by Crippen LogP contribution is 2.26. The number of methoxy groups -OCH3 is 1. The molecule has 1 heterocycles. The molecular formula is C10H14ClNO2S. The van der Waals surface area contributed by atoms with Gasteiger partial charge in [0, 0.05) is 12.0 Å². The lowest BCUT2D eigenvalue weighted by Crippen LogP contribution is -2.35. The lowest BCUT2D eigenvalue weighted by molar-refractivity contribution is -0.130. The summed E-state index contributed by atoms with van der Waals surface area (Å²) in [5.74, 6) is -0.116. The van der Waals surface area contributed by atoms with Crippen LogP contribution in [0.4, 0.5) is 0 Å². The Hall–Kier alpha value is -0.580. The molecule has 0 saturated heterocycles. The van der Waals surface area contributed by atoms with Crippen LogP contribution < -0.4 is 5.32 Å². The van der Waals surface area contributed by atoms with Crippen LogP contribution in [0.15, 0.2) is 12.1 Å². The Kier molecular flexibility index (Phi) is 4.57. The van der Waals surface area contributed by atoms with Crippen LogP contribution in [-0.2, 0) is 9.53 Å². The Morgan fingerprint density at radius 3 is 2.67 bits per heavy atom. The van der Waals surface area contributed by atoms with E-state index in [4.69, 9.17) is 16.3 Å². The maximum absolute atomic E-state index is 11.5. The van der Waals surface area contributed by atoms with Crippen molar-refractivity contribution in [2.75, 3.05) is 7.11 Å². The van der Waals surface area contributed by atoms with Crippen molar-refractivity contribution in [1.82, 2.24) is 5.32 Å². The summed E-state index contributed by atoms with van der Waals surface area (Å²) in [4.78, 5) is 12.5. The van der Waals surface area contributed by atoms with Gasteiger partial charge in [-0.2, -0.15) is 0 Å². The van der Waals surface area contributed by atoms with E-state index in [0.29, 0.717) is 0 Å². The van der Waals surface area contributed by atoms with Crippen molar-refractivity contribution in [3.63, 3.8) is 0 Å².